The molecule has 6 heteroatoms. The Labute approximate surface area is 185 Å². The maximum Gasteiger partial charge on any atom is 0.255 e. The summed E-state index contributed by atoms with van der Waals surface area (Å²) in [4.78, 5) is 40.7. The molecule has 1 aliphatic heterocycles. The molecule has 5 aliphatic rings. The molecule has 1 heterocycles. The number of nitrogens with one attached hydrogen (secondary N) is 1. The third kappa shape index (κ3) is 2.72. The van der Waals surface area contributed by atoms with Gasteiger partial charge in [0, 0.05) is 16.3 Å². The number of carbonyl (C=O) groups is 3. The Morgan fingerprint density at radius 3 is 2.32 bits per heavy atom. The molecule has 0 aromatic heterocycles. The number of aryl methyl sites for hydroxylation is 1. The largest absolute Gasteiger partial charge is 0.322 e. The highest BCUT2D eigenvalue weighted by Crippen LogP contribution is 2.65. The number of nitrogens with zero attached hydrogens (tertiary/aromatic N) is 1. The van der Waals surface area contributed by atoms with Crippen molar-refractivity contribution < 1.29 is 14.4 Å². The second-order valence-electron chi connectivity index (χ2n) is 9.13. The van der Waals surface area contributed by atoms with Gasteiger partial charge in [-0.1, -0.05) is 35.9 Å². The number of amides is 3. The van der Waals surface area contributed by atoms with Crippen LogP contribution in [0.2, 0.25) is 5.02 Å². The van der Waals surface area contributed by atoms with Gasteiger partial charge in [0.25, 0.3) is 5.91 Å². The minimum Gasteiger partial charge on any atom is -0.322 e. The van der Waals surface area contributed by atoms with E-state index < -0.39 is 0 Å². The van der Waals surface area contributed by atoms with Gasteiger partial charge in [0.1, 0.15) is 0 Å². The average molecular weight is 433 g/mol. The van der Waals surface area contributed by atoms with Crippen molar-refractivity contribution in [1.29, 1.82) is 0 Å². The lowest BCUT2D eigenvalue weighted by molar-refractivity contribution is -0.124. The third-order valence-corrected chi connectivity index (χ3v) is 7.87. The molecule has 1 saturated heterocycles. The summed E-state index contributed by atoms with van der Waals surface area (Å²) in [6.45, 7) is 1.89. The first-order valence-corrected chi connectivity index (χ1v) is 11.1. The first-order chi connectivity index (χ1) is 14.9. The lowest BCUT2D eigenvalue weighted by Crippen LogP contribution is -2.40. The van der Waals surface area contributed by atoms with E-state index in [1.807, 2.05) is 13.0 Å². The Morgan fingerprint density at radius 2 is 1.68 bits per heavy atom. The average Bonchev–Trinajstić information content (AvgIpc) is 3.54. The number of carbonyl (C=O) groups excluding carboxylic acids is 3. The summed E-state index contributed by atoms with van der Waals surface area (Å²) in [5.74, 6) is 0.416. The van der Waals surface area contributed by atoms with Gasteiger partial charge in [-0.3, -0.25) is 14.4 Å². The SMILES string of the molecule is Cc1ccc(NC(=O)c2cccc(N3C(=O)C4C5C=CC(C6CC56)C4C3=O)c2)cc1Cl. The fourth-order valence-corrected chi connectivity index (χ4v) is 6.05. The van der Waals surface area contributed by atoms with Crippen molar-refractivity contribution in [3.63, 3.8) is 0 Å². The van der Waals surface area contributed by atoms with E-state index in [4.69, 9.17) is 11.6 Å². The van der Waals surface area contributed by atoms with Gasteiger partial charge in [0.2, 0.25) is 11.8 Å². The molecule has 2 aromatic carbocycles. The van der Waals surface area contributed by atoms with Crippen LogP contribution in [0, 0.1) is 42.4 Å². The second kappa shape index (κ2) is 6.54. The predicted molar refractivity (Wildman–Crippen MR) is 118 cm³/mol. The zero-order valence-electron chi connectivity index (χ0n) is 16.9. The van der Waals surface area contributed by atoms with E-state index >= 15 is 0 Å². The van der Waals surface area contributed by atoms with Crippen LogP contribution in [0.5, 0.6) is 0 Å². The molecule has 0 spiro atoms. The molecule has 0 radical (unpaired) electrons. The highest BCUT2D eigenvalue weighted by atomic mass is 35.5. The Hall–Kier alpha value is -2.92. The fourth-order valence-electron chi connectivity index (χ4n) is 5.87. The fraction of sp³-hybridized carbons (Fsp3) is 0.320. The van der Waals surface area contributed by atoms with E-state index in [9.17, 15) is 14.4 Å². The summed E-state index contributed by atoms with van der Waals surface area (Å²) in [5, 5.41) is 3.40. The molecule has 7 rings (SSSR count). The zero-order chi connectivity index (χ0) is 21.4. The highest BCUT2D eigenvalue weighted by molar-refractivity contribution is 6.31. The van der Waals surface area contributed by atoms with Crippen molar-refractivity contribution in [2.75, 3.05) is 10.2 Å². The van der Waals surface area contributed by atoms with Crippen molar-refractivity contribution in [3.8, 4) is 0 Å². The number of imide groups is 1. The summed E-state index contributed by atoms with van der Waals surface area (Å²) in [7, 11) is 0. The lowest BCUT2D eigenvalue weighted by Gasteiger charge is -2.37. The Bertz CT molecular complexity index is 1150. The Kier molecular flexibility index (Phi) is 3.97. The number of allylic oxidation sites excluding steroid dienone is 2. The smallest absolute Gasteiger partial charge is 0.255 e. The van der Waals surface area contributed by atoms with Gasteiger partial charge in [0.05, 0.1) is 17.5 Å². The van der Waals surface area contributed by atoms with E-state index in [-0.39, 0.29) is 41.4 Å². The monoisotopic (exact) mass is 432 g/mol. The van der Waals surface area contributed by atoms with E-state index in [0.29, 0.717) is 33.8 Å². The quantitative estimate of drug-likeness (QED) is 0.575. The maximum atomic E-state index is 13.3. The molecule has 2 saturated carbocycles. The summed E-state index contributed by atoms with van der Waals surface area (Å²) >= 11 is 6.15. The number of anilines is 2. The van der Waals surface area contributed by atoms with Gasteiger partial charge in [0.15, 0.2) is 0 Å². The predicted octanol–water partition coefficient (Wildman–Crippen LogP) is 4.46. The molecular weight excluding hydrogens is 412 g/mol. The van der Waals surface area contributed by atoms with Crippen LogP contribution in [0.4, 0.5) is 11.4 Å². The molecule has 5 nitrogen and oxygen atoms in total. The van der Waals surface area contributed by atoms with Crippen LogP contribution < -0.4 is 10.2 Å². The lowest BCUT2D eigenvalue weighted by atomic mass is 9.63. The van der Waals surface area contributed by atoms with Gasteiger partial charge < -0.3 is 5.32 Å². The first kappa shape index (κ1) is 18.8. The van der Waals surface area contributed by atoms with Gasteiger partial charge in [-0.15, -0.1) is 0 Å². The molecule has 6 unspecified atom stereocenters. The normalized spacial score (nSPS) is 32.1. The Balaban J connectivity index is 1.28. The molecule has 31 heavy (non-hydrogen) atoms. The molecule has 6 atom stereocenters. The number of hydrogen-bond acceptors (Lipinski definition) is 3. The van der Waals surface area contributed by atoms with Gasteiger partial charge in [-0.25, -0.2) is 4.90 Å². The van der Waals surface area contributed by atoms with Crippen molar-refractivity contribution in [1.82, 2.24) is 0 Å². The number of halogens is 1. The van der Waals surface area contributed by atoms with E-state index in [2.05, 4.69) is 17.5 Å². The summed E-state index contributed by atoms with van der Waals surface area (Å²) < 4.78 is 0. The molecule has 3 amide bonds. The van der Waals surface area contributed by atoms with Crippen LogP contribution in [-0.2, 0) is 9.59 Å². The van der Waals surface area contributed by atoms with Crippen molar-refractivity contribution in [3.05, 3.63) is 70.8 Å². The molecule has 2 aromatic rings. The highest BCUT2D eigenvalue weighted by Gasteiger charge is 2.67. The molecule has 156 valence electrons. The van der Waals surface area contributed by atoms with Crippen LogP contribution in [0.3, 0.4) is 0 Å². The van der Waals surface area contributed by atoms with Crippen molar-refractivity contribution in [2.45, 2.75) is 13.3 Å². The third-order valence-electron chi connectivity index (χ3n) is 7.46. The molecular formula is C25H21ClN2O3. The summed E-state index contributed by atoms with van der Waals surface area (Å²) in [6.07, 6.45) is 5.45. The van der Waals surface area contributed by atoms with E-state index in [1.165, 1.54) is 4.90 Å². The van der Waals surface area contributed by atoms with Crippen LogP contribution in [0.25, 0.3) is 0 Å². The van der Waals surface area contributed by atoms with Crippen LogP contribution in [-0.4, -0.2) is 17.7 Å². The van der Waals surface area contributed by atoms with Crippen LogP contribution in [0.1, 0.15) is 22.3 Å². The van der Waals surface area contributed by atoms with Gasteiger partial charge in [-0.2, -0.15) is 0 Å². The topological polar surface area (TPSA) is 66.5 Å². The van der Waals surface area contributed by atoms with E-state index in [0.717, 1.165) is 12.0 Å². The molecule has 1 N–H and O–H groups in total. The summed E-state index contributed by atoms with van der Waals surface area (Å²) in [5.41, 5.74) is 2.36. The maximum absolute atomic E-state index is 13.3. The Morgan fingerprint density at radius 1 is 1.00 bits per heavy atom. The van der Waals surface area contributed by atoms with Crippen molar-refractivity contribution >= 4 is 40.7 Å². The zero-order valence-corrected chi connectivity index (χ0v) is 17.7. The molecule has 3 fully saturated rings. The second-order valence-corrected chi connectivity index (χ2v) is 9.54. The number of hydrogen-bond donors (Lipinski definition) is 1. The molecule has 2 bridgehead atoms. The standard InChI is InChI=1S/C25H21ClN2O3/c1-12-5-6-14(10-20(12)26)27-23(29)13-3-2-4-15(9-13)28-24(30)21-16-7-8-17(19-11-18(16)19)22(21)25(28)31/h2-10,16-19,21-22H,11H2,1H3,(H,27,29). The van der Waals surface area contributed by atoms with Gasteiger partial charge >= 0.3 is 0 Å². The molecule has 4 aliphatic carbocycles. The van der Waals surface area contributed by atoms with Crippen molar-refractivity contribution in [2.24, 2.45) is 35.5 Å². The van der Waals surface area contributed by atoms with Crippen LogP contribution >= 0.6 is 11.6 Å². The van der Waals surface area contributed by atoms with E-state index in [1.54, 1.807) is 36.4 Å². The van der Waals surface area contributed by atoms with Gasteiger partial charge in [-0.05, 0) is 72.9 Å². The number of benzene rings is 2. The minimum atomic E-state index is -0.318. The van der Waals surface area contributed by atoms with Crippen LogP contribution in [0.15, 0.2) is 54.6 Å². The minimum absolute atomic E-state index is 0.123. The summed E-state index contributed by atoms with van der Waals surface area (Å²) in [6, 6.07) is 12.0. The first-order valence-electron chi connectivity index (χ1n) is 10.7. The number of rotatable bonds is 3.